The van der Waals surface area contributed by atoms with Gasteiger partial charge in [0.1, 0.15) is 6.04 Å². The number of pyridine rings is 1. The maximum Gasteiger partial charge on any atom is 0.328 e. The molecule has 0 fully saturated rings. The van der Waals surface area contributed by atoms with Gasteiger partial charge in [0.05, 0.1) is 47.1 Å². The summed E-state index contributed by atoms with van der Waals surface area (Å²) >= 11 is 12.3. The van der Waals surface area contributed by atoms with Crippen LogP contribution in [-0.2, 0) is 23.0 Å². The summed E-state index contributed by atoms with van der Waals surface area (Å²) in [5.74, 6) is -0.961. The monoisotopic (exact) mass is 540 g/mol. The van der Waals surface area contributed by atoms with Crippen molar-refractivity contribution in [3.05, 3.63) is 86.4 Å². The molecule has 1 amide bonds. The highest BCUT2D eigenvalue weighted by Gasteiger charge is 2.26. The van der Waals surface area contributed by atoms with Gasteiger partial charge in [-0.25, -0.2) is 9.48 Å². The lowest BCUT2D eigenvalue weighted by atomic mass is 9.95. The zero-order valence-electron chi connectivity index (χ0n) is 20.1. The van der Waals surface area contributed by atoms with Gasteiger partial charge < -0.3 is 14.8 Å². The summed E-state index contributed by atoms with van der Waals surface area (Å²) in [6.07, 6.45) is 3.13. The Labute approximate surface area is 221 Å². The molecule has 2 aromatic carbocycles. The standard InChI is InChI=1S/C26H22Cl2N4O5/c1-32-25(34)21(20(36-2)13-30-32)15-10-9-14(23-16(15)6-5-11-29-23)12-19(26(35)37-3)31-24(33)22-17(27)7-4-8-18(22)28/h4-11,13,19H,12H2,1-3H3,(H,31,33)/t19-/m0/s1. The van der Waals surface area contributed by atoms with Crippen LogP contribution in [0, 0.1) is 0 Å². The third-order valence-corrected chi connectivity index (χ3v) is 6.48. The Morgan fingerprint density at radius 2 is 1.81 bits per heavy atom. The molecule has 0 unspecified atom stereocenters. The van der Waals surface area contributed by atoms with E-state index in [9.17, 15) is 14.4 Å². The van der Waals surface area contributed by atoms with E-state index in [4.69, 9.17) is 32.7 Å². The summed E-state index contributed by atoms with van der Waals surface area (Å²) < 4.78 is 11.6. The summed E-state index contributed by atoms with van der Waals surface area (Å²) in [6.45, 7) is 0. The minimum absolute atomic E-state index is 0.0543. The smallest absolute Gasteiger partial charge is 0.328 e. The molecule has 0 spiro atoms. The number of nitrogens with zero attached hydrogens (tertiary/aromatic N) is 3. The van der Waals surface area contributed by atoms with Gasteiger partial charge in [-0.05, 0) is 23.8 Å². The maximum atomic E-state index is 13.0. The molecular weight excluding hydrogens is 519 g/mol. The van der Waals surface area contributed by atoms with E-state index in [0.29, 0.717) is 33.3 Å². The van der Waals surface area contributed by atoms with Crippen molar-refractivity contribution in [3.63, 3.8) is 0 Å². The average Bonchev–Trinajstić information content (AvgIpc) is 2.89. The summed E-state index contributed by atoms with van der Waals surface area (Å²) in [7, 11) is 4.24. The van der Waals surface area contributed by atoms with Crippen molar-refractivity contribution >= 4 is 46.0 Å². The van der Waals surface area contributed by atoms with E-state index in [0.717, 1.165) is 0 Å². The van der Waals surface area contributed by atoms with E-state index < -0.39 is 17.9 Å². The molecule has 0 saturated carbocycles. The molecule has 0 aliphatic carbocycles. The van der Waals surface area contributed by atoms with Crippen molar-refractivity contribution in [1.82, 2.24) is 20.1 Å². The average molecular weight is 541 g/mol. The number of hydrogen-bond acceptors (Lipinski definition) is 7. The van der Waals surface area contributed by atoms with Gasteiger partial charge >= 0.3 is 5.97 Å². The van der Waals surface area contributed by atoms with Crippen LogP contribution in [0.4, 0.5) is 0 Å². The molecule has 11 heteroatoms. The van der Waals surface area contributed by atoms with Crippen LogP contribution in [-0.4, -0.2) is 46.9 Å². The Kier molecular flexibility index (Phi) is 7.75. The molecule has 0 saturated heterocycles. The van der Waals surface area contributed by atoms with E-state index in [1.165, 1.54) is 37.2 Å². The highest BCUT2D eigenvalue weighted by atomic mass is 35.5. The van der Waals surface area contributed by atoms with Crippen LogP contribution in [0.1, 0.15) is 15.9 Å². The number of rotatable bonds is 7. The summed E-state index contributed by atoms with van der Waals surface area (Å²) in [5, 5.41) is 7.65. The Morgan fingerprint density at radius 1 is 1.08 bits per heavy atom. The molecule has 4 rings (SSSR count). The van der Waals surface area contributed by atoms with Crippen molar-refractivity contribution < 1.29 is 19.1 Å². The van der Waals surface area contributed by atoms with Gasteiger partial charge in [-0.3, -0.25) is 14.6 Å². The zero-order chi connectivity index (χ0) is 26.7. The number of halogens is 2. The second kappa shape index (κ2) is 11.0. The number of aromatic nitrogens is 3. The summed E-state index contributed by atoms with van der Waals surface area (Å²) in [4.78, 5) is 43.1. The van der Waals surface area contributed by atoms with E-state index in [2.05, 4.69) is 15.4 Å². The fraction of sp³-hybridized carbons (Fsp3) is 0.192. The number of esters is 1. The molecule has 190 valence electrons. The number of methoxy groups -OCH3 is 2. The van der Waals surface area contributed by atoms with E-state index >= 15 is 0 Å². The third kappa shape index (κ3) is 5.14. The molecule has 0 radical (unpaired) electrons. The lowest BCUT2D eigenvalue weighted by molar-refractivity contribution is -0.142. The minimum atomic E-state index is -1.07. The van der Waals surface area contributed by atoms with Crippen LogP contribution in [0.5, 0.6) is 5.75 Å². The van der Waals surface area contributed by atoms with Crippen LogP contribution in [0.15, 0.2) is 59.7 Å². The van der Waals surface area contributed by atoms with Crippen molar-refractivity contribution in [2.45, 2.75) is 12.5 Å². The number of carbonyl (C=O) groups is 2. The maximum absolute atomic E-state index is 13.0. The lowest BCUT2D eigenvalue weighted by Crippen LogP contribution is -2.43. The first-order valence-electron chi connectivity index (χ1n) is 11.1. The van der Waals surface area contributed by atoms with Gasteiger partial charge in [0.15, 0.2) is 5.75 Å². The van der Waals surface area contributed by atoms with Gasteiger partial charge in [0.25, 0.3) is 11.5 Å². The molecule has 1 atom stereocenters. The second-order valence-corrected chi connectivity index (χ2v) is 8.85. The molecule has 0 bridgehead atoms. The number of carbonyl (C=O) groups excluding carboxylic acids is 2. The van der Waals surface area contributed by atoms with Crippen molar-refractivity contribution in [1.29, 1.82) is 0 Å². The van der Waals surface area contributed by atoms with E-state index in [1.54, 1.807) is 37.5 Å². The topological polar surface area (TPSA) is 112 Å². The molecule has 4 aromatic rings. The molecule has 0 aliphatic rings. The molecule has 0 aliphatic heterocycles. The van der Waals surface area contributed by atoms with Crippen LogP contribution >= 0.6 is 23.2 Å². The first kappa shape index (κ1) is 26.1. The number of aryl methyl sites for hydroxylation is 1. The van der Waals surface area contributed by atoms with Crippen molar-refractivity contribution in [3.8, 4) is 16.9 Å². The van der Waals surface area contributed by atoms with Crippen LogP contribution in [0.25, 0.3) is 22.0 Å². The van der Waals surface area contributed by atoms with Gasteiger partial charge in [-0.2, -0.15) is 5.10 Å². The predicted octanol–water partition coefficient (Wildman–Crippen LogP) is 3.83. The number of fused-ring (bicyclic) bond motifs is 1. The first-order chi connectivity index (χ1) is 17.8. The SMILES string of the molecule is COC(=O)[C@H](Cc1ccc(-c2c(OC)cnn(C)c2=O)c2cccnc12)NC(=O)c1c(Cl)cccc1Cl. The van der Waals surface area contributed by atoms with Gasteiger partial charge in [-0.1, -0.05) is 47.5 Å². The van der Waals surface area contributed by atoms with Gasteiger partial charge in [-0.15, -0.1) is 0 Å². The number of nitrogens with one attached hydrogen (secondary N) is 1. The number of amides is 1. The molecular formula is C26H22Cl2N4O5. The normalized spacial score (nSPS) is 11.7. The predicted molar refractivity (Wildman–Crippen MR) is 140 cm³/mol. The van der Waals surface area contributed by atoms with Crippen molar-refractivity contribution in [2.75, 3.05) is 14.2 Å². The highest BCUT2D eigenvalue weighted by molar-refractivity contribution is 6.39. The van der Waals surface area contributed by atoms with E-state index in [-0.39, 0.29) is 27.6 Å². The van der Waals surface area contributed by atoms with Crippen LogP contribution in [0.3, 0.4) is 0 Å². The Balaban J connectivity index is 1.77. The molecule has 37 heavy (non-hydrogen) atoms. The fourth-order valence-corrected chi connectivity index (χ4v) is 4.61. The van der Waals surface area contributed by atoms with Crippen LogP contribution < -0.4 is 15.6 Å². The minimum Gasteiger partial charge on any atom is -0.494 e. The summed E-state index contributed by atoms with van der Waals surface area (Å²) in [5.41, 5.74) is 1.82. The molecule has 2 aromatic heterocycles. The second-order valence-electron chi connectivity index (χ2n) is 8.04. The number of ether oxygens (including phenoxy) is 2. The highest BCUT2D eigenvalue weighted by Crippen LogP contribution is 2.33. The quantitative estimate of drug-likeness (QED) is 0.354. The fourth-order valence-electron chi connectivity index (χ4n) is 4.04. The van der Waals surface area contributed by atoms with Gasteiger partial charge in [0.2, 0.25) is 0 Å². The van der Waals surface area contributed by atoms with Gasteiger partial charge in [0, 0.05) is 30.6 Å². The lowest BCUT2D eigenvalue weighted by Gasteiger charge is -2.19. The largest absolute Gasteiger partial charge is 0.494 e. The number of hydrogen-bond donors (Lipinski definition) is 1. The molecule has 1 N–H and O–H groups in total. The van der Waals surface area contributed by atoms with Crippen LogP contribution in [0.2, 0.25) is 10.0 Å². The first-order valence-corrected chi connectivity index (χ1v) is 11.8. The van der Waals surface area contributed by atoms with Crippen molar-refractivity contribution in [2.24, 2.45) is 7.05 Å². The Bertz CT molecular complexity index is 1550. The molecule has 2 heterocycles. The van der Waals surface area contributed by atoms with E-state index in [1.807, 2.05) is 6.07 Å². The Morgan fingerprint density at radius 3 is 2.49 bits per heavy atom. The summed E-state index contributed by atoms with van der Waals surface area (Å²) in [6, 6.07) is 10.7. The molecule has 9 nitrogen and oxygen atoms in total. The third-order valence-electron chi connectivity index (χ3n) is 5.85. The number of benzene rings is 2. The Hall–Kier alpha value is -3.95. The zero-order valence-corrected chi connectivity index (χ0v) is 21.6.